The standard InChI is InChI=1S/C9H13N3O/c1-3-7(4-13)8-6(2)11-5-12-9(8)10/h3,5,13H,4H2,1-2H3,(H2,10,11,12)/b7-3-. The van der Waals surface area contributed by atoms with Gasteiger partial charge in [-0.25, -0.2) is 9.97 Å². The third-order valence-electron chi connectivity index (χ3n) is 1.91. The highest BCUT2D eigenvalue weighted by molar-refractivity contribution is 5.74. The monoisotopic (exact) mass is 179 g/mol. The Kier molecular flexibility index (Phi) is 2.97. The van der Waals surface area contributed by atoms with E-state index in [-0.39, 0.29) is 6.61 Å². The summed E-state index contributed by atoms with van der Waals surface area (Å²) in [5, 5.41) is 9.05. The van der Waals surface area contributed by atoms with Crippen molar-refractivity contribution in [3.05, 3.63) is 23.7 Å². The number of allylic oxidation sites excluding steroid dienone is 1. The number of hydrogen-bond acceptors (Lipinski definition) is 4. The molecule has 3 N–H and O–H groups in total. The summed E-state index contributed by atoms with van der Waals surface area (Å²) in [5.74, 6) is 0.412. The number of aryl methyl sites for hydroxylation is 1. The van der Waals surface area contributed by atoms with Gasteiger partial charge in [0.1, 0.15) is 12.1 Å². The summed E-state index contributed by atoms with van der Waals surface area (Å²) in [6.07, 6.45) is 3.22. The number of hydrogen-bond donors (Lipinski definition) is 2. The average molecular weight is 179 g/mol. The average Bonchev–Trinajstić information content (AvgIpc) is 2.11. The maximum atomic E-state index is 9.05. The molecule has 0 aliphatic carbocycles. The first-order chi connectivity index (χ1) is 6.20. The summed E-state index contributed by atoms with van der Waals surface area (Å²) >= 11 is 0. The molecule has 0 aliphatic rings. The number of aliphatic hydroxyl groups is 1. The highest BCUT2D eigenvalue weighted by atomic mass is 16.3. The van der Waals surface area contributed by atoms with Crippen LogP contribution in [0.2, 0.25) is 0 Å². The molecule has 0 aromatic carbocycles. The van der Waals surface area contributed by atoms with E-state index in [4.69, 9.17) is 10.8 Å². The van der Waals surface area contributed by atoms with Crippen molar-refractivity contribution in [3.63, 3.8) is 0 Å². The van der Waals surface area contributed by atoms with E-state index in [0.29, 0.717) is 5.82 Å². The fraction of sp³-hybridized carbons (Fsp3) is 0.333. The normalized spacial score (nSPS) is 11.8. The summed E-state index contributed by atoms with van der Waals surface area (Å²) < 4.78 is 0. The molecular weight excluding hydrogens is 166 g/mol. The van der Waals surface area contributed by atoms with E-state index in [2.05, 4.69) is 9.97 Å². The minimum atomic E-state index is -0.0467. The molecule has 0 aliphatic heterocycles. The number of anilines is 1. The Morgan fingerprint density at radius 2 is 2.31 bits per heavy atom. The Hall–Kier alpha value is -1.42. The van der Waals surface area contributed by atoms with E-state index in [0.717, 1.165) is 16.8 Å². The van der Waals surface area contributed by atoms with Crippen LogP contribution in [0.4, 0.5) is 5.82 Å². The molecule has 0 spiro atoms. The second kappa shape index (κ2) is 4.00. The van der Waals surface area contributed by atoms with Crippen LogP contribution in [0, 0.1) is 6.92 Å². The molecule has 1 aromatic rings. The lowest BCUT2D eigenvalue weighted by Gasteiger charge is -2.08. The molecule has 1 heterocycles. The van der Waals surface area contributed by atoms with Gasteiger partial charge >= 0.3 is 0 Å². The first kappa shape index (κ1) is 9.67. The van der Waals surface area contributed by atoms with Crippen LogP contribution >= 0.6 is 0 Å². The quantitative estimate of drug-likeness (QED) is 0.703. The van der Waals surface area contributed by atoms with Crippen molar-refractivity contribution < 1.29 is 5.11 Å². The number of nitrogen functional groups attached to an aromatic ring is 1. The third-order valence-corrected chi connectivity index (χ3v) is 1.91. The Bertz CT molecular complexity index is 313. The zero-order valence-electron chi connectivity index (χ0n) is 7.78. The third kappa shape index (κ3) is 1.84. The van der Waals surface area contributed by atoms with E-state index in [1.807, 2.05) is 19.9 Å². The lowest BCUT2D eigenvalue weighted by molar-refractivity contribution is 0.350. The van der Waals surface area contributed by atoms with Gasteiger partial charge in [0, 0.05) is 5.56 Å². The van der Waals surface area contributed by atoms with Gasteiger partial charge in [-0.15, -0.1) is 0 Å². The fourth-order valence-corrected chi connectivity index (χ4v) is 1.20. The summed E-state index contributed by atoms with van der Waals surface area (Å²) in [6, 6.07) is 0. The molecule has 70 valence electrons. The lowest BCUT2D eigenvalue weighted by Crippen LogP contribution is -2.03. The molecule has 0 radical (unpaired) electrons. The smallest absolute Gasteiger partial charge is 0.134 e. The van der Waals surface area contributed by atoms with Crippen LogP contribution in [0.1, 0.15) is 18.2 Å². The van der Waals surface area contributed by atoms with Crippen LogP contribution in [0.25, 0.3) is 5.57 Å². The predicted molar refractivity (Wildman–Crippen MR) is 51.9 cm³/mol. The van der Waals surface area contributed by atoms with Gasteiger partial charge in [0.05, 0.1) is 12.3 Å². The predicted octanol–water partition coefficient (Wildman–Crippen LogP) is 0.763. The molecule has 0 fully saturated rings. The van der Waals surface area contributed by atoms with Gasteiger partial charge in [-0.2, -0.15) is 0 Å². The van der Waals surface area contributed by atoms with E-state index in [1.54, 1.807) is 0 Å². The Morgan fingerprint density at radius 3 is 2.77 bits per heavy atom. The Morgan fingerprint density at radius 1 is 1.62 bits per heavy atom. The first-order valence-electron chi connectivity index (χ1n) is 4.04. The van der Waals surface area contributed by atoms with E-state index < -0.39 is 0 Å². The maximum Gasteiger partial charge on any atom is 0.134 e. The van der Waals surface area contributed by atoms with Crippen molar-refractivity contribution in [3.8, 4) is 0 Å². The zero-order valence-corrected chi connectivity index (χ0v) is 7.78. The molecule has 4 heteroatoms. The van der Waals surface area contributed by atoms with Crippen molar-refractivity contribution in [2.24, 2.45) is 0 Å². The Balaban J connectivity index is 3.27. The number of rotatable bonds is 2. The first-order valence-corrected chi connectivity index (χ1v) is 4.04. The van der Waals surface area contributed by atoms with Gasteiger partial charge in [0.2, 0.25) is 0 Å². The minimum absolute atomic E-state index is 0.0467. The Labute approximate surface area is 77.1 Å². The van der Waals surface area contributed by atoms with Crippen LogP contribution in [0.3, 0.4) is 0 Å². The van der Waals surface area contributed by atoms with Crippen molar-refractivity contribution in [2.45, 2.75) is 13.8 Å². The van der Waals surface area contributed by atoms with Crippen LogP contribution in [0.15, 0.2) is 12.4 Å². The minimum Gasteiger partial charge on any atom is -0.392 e. The summed E-state index contributed by atoms with van der Waals surface area (Å²) in [6.45, 7) is 3.64. The van der Waals surface area contributed by atoms with Gasteiger partial charge in [-0.05, 0) is 19.4 Å². The SMILES string of the molecule is C/C=C(/CO)c1c(C)ncnc1N. The van der Waals surface area contributed by atoms with Crippen LogP contribution in [-0.2, 0) is 0 Å². The summed E-state index contributed by atoms with van der Waals surface area (Å²) in [5.41, 5.74) is 7.96. The van der Waals surface area contributed by atoms with Crippen LogP contribution in [-0.4, -0.2) is 21.7 Å². The van der Waals surface area contributed by atoms with Crippen molar-refractivity contribution in [2.75, 3.05) is 12.3 Å². The zero-order chi connectivity index (χ0) is 9.84. The van der Waals surface area contributed by atoms with Gasteiger partial charge in [-0.3, -0.25) is 0 Å². The number of aliphatic hydroxyl groups excluding tert-OH is 1. The summed E-state index contributed by atoms with van der Waals surface area (Å²) in [4.78, 5) is 7.89. The molecule has 4 nitrogen and oxygen atoms in total. The van der Waals surface area contributed by atoms with E-state index in [1.165, 1.54) is 6.33 Å². The highest BCUT2D eigenvalue weighted by Gasteiger charge is 2.08. The largest absolute Gasteiger partial charge is 0.392 e. The molecule has 0 unspecified atom stereocenters. The molecule has 0 amide bonds. The molecule has 0 bridgehead atoms. The molecule has 0 saturated carbocycles. The molecule has 13 heavy (non-hydrogen) atoms. The van der Waals surface area contributed by atoms with Crippen LogP contribution < -0.4 is 5.73 Å². The van der Waals surface area contributed by atoms with Crippen molar-refractivity contribution >= 4 is 11.4 Å². The van der Waals surface area contributed by atoms with Crippen molar-refractivity contribution in [1.82, 2.24) is 9.97 Å². The second-order valence-electron chi connectivity index (χ2n) is 2.69. The van der Waals surface area contributed by atoms with E-state index in [9.17, 15) is 0 Å². The van der Waals surface area contributed by atoms with Crippen molar-refractivity contribution in [1.29, 1.82) is 0 Å². The molecule has 0 atom stereocenters. The molecule has 1 aromatic heterocycles. The van der Waals surface area contributed by atoms with Crippen LogP contribution in [0.5, 0.6) is 0 Å². The van der Waals surface area contributed by atoms with Gasteiger partial charge in [-0.1, -0.05) is 6.08 Å². The summed E-state index contributed by atoms with van der Waals surface area (Å²) in [7, 11) is 0. The fourth-order valence-electron chi connectivity index (χ4n) is 1.20. The topological polar surface area (TPSA) is 72.0 Å². The maximum absolute atomic E-state index is 9.05. The van der Waals surface area contributed by atoms with Gasteiger partial charge in [0.25, 0.3) is 0 Å². The number of nitrogens with zero attached hydrogens (tertiary/aromatic N) is 2. The highest BCUT2D eigenvalue weighted by Crippen LogP contribution is 2.20. The van der Waals surface area contributed by atoms with Gasteiger partial charge in [0.15, 0.2) is 0 Å². The molecule has 1 rings (SSSR count). The van der Waals surface area contributed by atoms with Gasteiger partial charge < -0.3 is 10.8 Å². The molecule has 0 saturated heterocycles. The second-order valence-corrected chi connectivity index (χ2v) is 2.69. The van der Waals surface area contributed by atoms with E-state index >= 15 is 0 Å². The molecular formula is C9H13N3O. The number of nitrogens with two attached hydrogens (primary N) is 1. The number of aromatic nitrogens is 2. The lowest BCUT2D eigenvalue weighted by atomic mass is 10.1.